The van der Waals surface area contributed by atoms with Gasteiger partial charge in [0.1, 0.15) is 16.2 Å². The molecule has 0 aromatic heterocycles. The van der Waals surface area contributed by atoms with E-state index in [-0.39, 0.29) is 18.4 Å². The number of hydrogen-bond donors (Lipinski definition) is 5. The fourth-order valence-corrected chi connectivity index (χ4v) is 6.68. The first kappa shape index (κ1) is 26.6. The molecule has 2 aromatic carbocycles. The average Bonchev–Trinajstić information content (AvgIpc) is 3.00. The lowest BCUT2D eigenvalue weighted by Crippen LogP contribution is -2.57. The molecule has 38 heavy (non-hydrogen) atoms. The number of carbonyl (C=O) groups excluding carboxylic acids is 3. The number of phenolic OH excluding ortho intramolecular Hbond substituents is 2. The number of carboxylic acids is 1. The Hall–Kier alpha value is -4.46. The van der Waals surface area contributed by atoms with Crippen LogP contribution < -0.4 is 10.7 Å². The predicted octanol–water partition coefficient (Wildman–Crippen LogP) is -0.260. The Morgan fingerprint density at radius 1 is 1.16 bits per heavy atom. The fourth-order valence-electron chi connectivity index (χ4n) is 4.47. The number of carbonyl (C=O) groups is 4. The molecule has 2 aliphatic rings. The molecule has 4 atom stereocenters. The van der Waals surface area contributed by atoms with Crippen LogP contribution in [0.1, 0.15) is 29.3 Å². The van der Waals surface area contributed by atoms with Crippen LogP contribution in [0.15, 0.2) is 53.6 Å². The van der Waals surface area contributed by atoms with Gasteiger partial charge in [-0.05, 0) is 30.7 Å². The molecular weight excluding hydrogens is 520 g/mol. The van der Waals surface area contributed by atoms with Gasteiger partial charge in [0.05, 0.1) is 6.42 Å². The summed E-state index contributed by atoms with van der Waals surface area (Å²) < 4.78 is 23.9. The minimum absolute atomic E-state index is 0.00959. The van der Waals surface area contributed by atoms with Crippen LogP contribution in [0, 0.1) is 0 Å². The molecule has 3 amide bonds. The maximum Gasteiger partial charge on any atom is 0.328 e. The molecule has 200 valence electrons. The van der Waals surface area contributed by atoms with Gasteiger partial charge in [-0.3, -0.25) is 14.4 Å². The van der Waals surface area contributed by atoms with E-state index in [0.29, 0.717) is 5.56 Å². The Kier molecular flexibility index (Phi) is 6.84. The first-order valence-electron chi connectivity index (χ1n) is 11.3. The monoisotopic (exact) mass is 544 g/mol. The molecule has 0 aliphatic carbocycles. The average molecular weight is 545 g/mol. The SMILES string of the molecule is C[C@]1(/C=N/NC(=O)C(Cc2ccccc2)NC(=O)c2ccc(O)c(O)c2)[C@H](C(=O)O)N2C(=O)C[C@H]2S1(=O)=O. The number of nitrogens with one attached hydrogen (secondary N) is 2. The van der Waals surface area contributed by atoms with Gasteiger partial charge in [0, 0.05) is 18.2 Å². The zero-order valence-corrected chi connectivity index (χ0v) is 20.8. The lowest BCUT2D eigenvalue weighted by atomic mass is 9.97. The van der Waals surface area contributed by atoms with Crippen molar-refractivity contribution in [3.8, 4) is 11.5 Å². The molecule has 0 bridgehead atoms. The van der Waals surface area contributed by atoms with Crippen LogP contribution in [-0.4, -0.2) is 80.7 Å². The number of aromatic hydroxyl groups is 2. The number of sulfone groups is 1. The molecule has 13 nitrogen and oxygen atoms in total. The van der Waals surface area contributed by atoms with Crippen molar-refractivity contribution in [3.05, 3.63) is 59.7 Å². The van der Waals surface area contributed by atoms with Gasteiger partial charge in [-0.25, -0.2) is 18.6 Å². The second kappa shape index (κ2) is 9.78. The van der Waals surface area contributed by atoms with Gasteiger partial charge >= 0.3 is 5.97 Å². The molecular formula is C24H24N4O9S. The van der Waals surface area contributed by atoms with Gasteiger partial charge < -0.3 is 25.5 Å². The Morgan fingerprint density at radius 3 is 2.45 bits per heavy atom. The third kappa shape index (κ3) is 4.53. The number of carboxylic acid groups (broad SMARTS) is 1. The minimum Gasteiger partial charge on any atom is -0.504 e. The number of rotatable bonds is 8. The third-order valence-electron chi connectivity index (χ3n) is 6.61. The smallest absolute Gasteiger partial charge is 0.328 e. The number of amides is 3. The third-order valence-corrected chi connectivity index (χ3v) is 9.28. The fraction of sp³-hybridized carbons (Fsp3) is 0.292. The van der Waals surface area contributed by atoms with Gasteiger partial charge in [-0.2, -0.15) is 5.10 Å². The van der Waals surface area contributed by atoms with Crippen molar-refractivity contribution in [2.45, 2.75) is 42.0 Å². The van der Waals surface area contributed by atoms with E-state index in [4.69, 9.17) is 0 Å². The zero-order valence-electron chi connectivity index (χ0n) is 19.9. The number of β-lactam (4-membered cyclic amide) rings is 1. The van der Waals surface area contributed by atoms with Crippen molar-refractivity contribution in [1.29, 1.82) is 0 Å². The van der Waals surface area contributed by atoms with E-state index in [1.807, 2.05) is 0 Å². The molecule has 4 rings (SSSR count). The lowest BCUT2D eigenvalue weighted by Gasteiger charge is -2.35. The van der Waals surface area contributed by atoms with E-state index in [2.05, 4.69) is 15.8 Å². The van der Waals surface area contributed by atoms with E-state index in [1.165, 1.54) is 6.07 Å². The van der Waals surface area contributed by atoms with Crippen LogP contribution in [0.25, 0.3) is 0 Å². The summed E-state index contributed by atoms with van der Waals surface area (Å²) in [5, 5.41) is 33.7. The largest absolute Gasteiger partial charge is 0.504 e. The summed E-state index contributed by atoms with van der Waals surface area (Å²) in [5.74, 6) is -4.70. The molecule has 0 spiro atoms. The molecule has 5 N–H and O–H groups in total. The summed E-state index contributed by atoms with van der Waals surface area (Å²) in [7, 11) is -4.17. The van der Waals surface area contributed by atoms with Crippen molar-refractivity contribution < 1.29 is 42.9 Å². The van der Waals surface area contributed by atoms with Crippen molar-refractivity contribution >= 4 is 39.7 Å². The quantitative estimate of drug-likeness (QED) is 0.128. The summed E-state index contributed by atoms with van der Waals surface area (Å²) in [6.45, 7) is 1.11. The normalized spacial score (nSPS) is 24.3. The summed E-state index contributed by atoms with van der Waals surface area (Å²) >= 11 is 0. The van der Waals surface area contributed by atoms with Gasteiger partial charge in [0.2, 0.25) is 5.91 Å². The number of nitrogens with zero attached hydrogens (tertiary/aromatic N) is 2. The van der Waals surface area contributed by atoms with Crippen LogP contribution in [-0.2, 0) is 30.6 Å². The van der Waals surface area contributed by atoms with Gasteiger partial charge in [-0.15, -0.1) is 0 Å². The predicted molar refractivity (Wildman–Crippen MR) is 132 cm³/mol. The van der Waals surface area contributed by atoms with Crippen molar-refractivity contribution in [2.75, 3.05) is 0 Å². The molecule has 2 saturated heterocycles. The minimum atomic E-state index is -4.17. The number of hydrazone groups is 1. The Bertz CT molecular complexity index is 1440. The highest BCUT2D eigenvalue weighted by molar-refractivity contribution is 7.94. The molecule has 0 saturated carbocycles. The van der Waals surface area contributed by atoms with E-state index >= 15 is 0 Å². The summed E-state index contributed by atoms with van der Waals surface area (Å²) in [5.41, 5.74) is 2.78. The van der Waals surface area contributed by atoms with E-state index < -0.39 is 67.2 Å². The van der Waals surface area contributed by atoms with Crippen molar-refractivity contribution in [3.63, 3.8) is 0 Å². The van der Waals surface area contributed by atoms with E-state index in [1.54, 1.807) is 30.3 Å². The summed E-state index contributed by atoms with van der Waals surface area (Å²) in [4.78, 5) is 50.4. The number of benzene rings is 2. The second-order valence-corrected chi connectivity index (χ2v) is 11.6. The van der Waals surface area contributed by atoms with Gasteiger partial charge in [0.15, 0.2) is 27.4 Å². The first-order chi connectivity index (χ1) is 17.9. The lowest BCUT2D eigenvalue weighted by molar-refractivity contribution is -0.156. The molecule has 1 unspecified atom stereocenters. The first-order valence-corrected chi connectivity index (χ1v) is 12.9. The van der Waals surface area contributed by atoms with Gasteiger partial charge in [0.25, 0.3) is 11.8 Å². The molecule has 2 heterocycles. The van der Waals surface area contributed by atoms with Crippen LogP contribution in [0.5, 0.6) is 11.5 Å². The number of hydrogen-bond acceptors (Lipinski definition) is 9. The van der Waals surface area contributed by atoms with Crippen molar-refractivity contribution in [2.24, 2.45) is 5.10 Å². The summed E-state index contributed by atoms with van der Waals surface area (Å²) in [6.07, 6.45) is 0.458. The molecule has 2 fully saturated rings. The second-order valence-electron chi connectivity index (χ2n) is 9.08. The molecule has 2 aromatic rings. The molecule has 2 aliphatic heterocycles. The number of fused-ring (bicyclic) bond motifs is 1. The Labute approximate surface area is 216 Å². The maximum absolute atomic E-state index is 13.0. The van der Waals surface area contributed by atoms with Crippen molar-refractivity contribution in [1.82, 2.24) is 15.6 Å². The van der Waals surface area contributed by atoms with Crippen LogP contribution >= 0.6 is 0 Å². The maximum atomic E-state index is 13.0. The van der Waals surface area contributed by atoms with E-state index in [9.17, 15) is 42.9 Å². The van der Waals surface area contributed by atoms with Crippen LogP contribution in [0.2, 0.25) is 0 Å². The topological polar surface area (TPSA) is 203 Å². The summed E-state index contributed by atoms with van der Waals surface area (Å²) in [6, 6.07) is 9.07. The van der Waals surface area contributed by atoms with Crippen LogP contribution in [0.4, 0.5) is 0 Å². The van der Waals surface area contributed by atoms with Gasteiger partial charge in [-0.1, -0.05) is 30.3 Å². The molecule has 14 heteroatoms. The molecule has 0 radical (unpaired) electrons. The standard InChI is InChI=1S/C24H24N4O9S/c1-24(20(23(34)35)28-18(31)11-19(28)38(24,36)37)12-25-27-22(33)15(9-13-5-3-2-4-6-13)26-21(32)14-7-8-16(29)17(30)10-14/h2-8,10,12,15,19-20,29-30H,9,11H2,1H3,(H,26,32)(H,27,33)(H,34,35)/b25-12+/t15?,19-,20+,24+/m1/s1. The Morgan fingerprint density at radius 2 is 1.84 bits per heavy atom. The highest BCUT2D eigenvalue weighted by atomic mass is 32.2. The van der Waals surface area contributed by atoms with E-state index in [0.717, 1.165) is 30.2 Å². The highest BCUT2D eigenvalue weighted by Gasteiger charge is 2.69. The number of phenols is 2. The highest BCUT2D eigenvalue weighted by Crippen LogP contribution is 2.45. The zero-order chi connectivity index (χ0) is 27.8. The number of aliphatic carboxylic acids is 1. The Balaban J connectivity index is 1.56. The van der Waals surface area contributed by atoms with Crippen LogP contribution in [0.3, 0.4) is 0 Å².